The van der Waals surface area contributed by atoms with Gasteiger partial charge in [0.25, 0.3) is 0 Å². The minimum absolute atomic E-state index is 0.0238. The minimum atomic E-state index is -3.19. The zero-order valence-corrected chi connectivity index (χ0v) is 15.7. The van der Waals surface area contributed by atoms with Gasteiger partial charge in [-0.05, 0) is 17.5 Å². The highest BCUT2D eigenvalue weighted by Crippen LogP contribution is 2.28. The van der Waals surface area contributed by atoms with Gasteiger partial charge in [0.15, 0.2) is 9.84 Å². The maximum absolute atomic E-state index is 12.6. The lowest BCUT2D eigenvalue weighted by Crippen LogP contribution is -2.49. The van der Waals surface area contributed by atoms with E-state index in [1.807, 2.05) is 32.0 Å². The Labute approximate surface area is 149 Å². The van der Waals surface area contributed by atoms with Crippen LogP contribution < -0.4 is 5.32 Å². The molecule has 1 fully saturated rings. The summed E-state index contributed by atoms with van der Waals surface area (Å²) in [6.07, 6.45) is 0.0238. The predicted molar refractivity (Wildman–Crippen MR) is 96.9 cm³/mol. The topological polar surface area (TPSA) is 66.5 Å². The first-order valence-corrected chi connectivity index (χ1v) is 10.4. The van der Waals surface area contributed by atoms with Crippen molar-refractivity contribution in [3.63, 3.8) is 0 Å². The van der Waals surface area contributed by atoms with E-state index in [1.54, 1.807) is 11.0 Å². The molecule has 5 nitrogen and oxygen atoms in total. The number of nitrogens with zero attached hydrogens (tertiary/aromatic N) is 1. The van der Waals surface area contributed by atoms with Gasteiger partial charge in [-0.2, -0.15) is 0 Å². The van der Waals surface area contributed by atoms with Crippen LogP contribution in [0.15, 0.2) is 24.3 Å². The molecule has 0 aliphatic carbocycles. The number of hydrogen-bond donors (Lipinski definition) is 1. The first-order chi connectivity index (χ1) is 11.3. The van der Waals surface area contributed by atoms with Crippen LogP contribution in [0.2, 0.25) is 5.02 Å². The van der Waals surface area contributed by atoms with Crippen LogP contribution in [0.3, 0.4) is 0 Å². The van der Waals surface area contributed by atoms with Crippen LogP contribution in [0.1, 0.15) is 31.9 Å². The summed E-state index contributed by atoms with van der Waals surface area (Å²) >= 11 is 6.27. The molecule has 0 spiro atoms. The van der Waals surface area contributed by atoms with E-state index in [9.17, 15) is 13.2 Å². The molecule has 24 heavy (non-hydrogen) atoms. The van der Waals surface area contributed by atoms with Crippen LogP contribution in [0.5, 0.6) is 0 Å². The lowest BCUT2D eigenvalue weighted by molar-refractivity contribution is -0.134. The monoisotopic (exact) mass is 372 g/mol. The highest BCUT2D eigenvalue weighted by atomic mass is 35.5. The van der Waals surface area contributed by atoms with Crippen LogP contribution in [-0.2, 0) is 14.6 Å². The van der Waals surface area contributed by atoms with Crippen molar-refractivity contribution >= 4 is 27.3 Å². The molecule has 1 aliphatic heterocycles. The number of nitrogens with one attached hydrogen (secondary N) is 1. The Morgan fingerprint density at radius 1 is 1.38 bits per heavy atom. The largest absolute Gasteiger partial charge is 0.333 e. The molecule has 1 N–H and O–H groups in total. The van der Waals surface area contributed by atoms with Gasteiger partial charge in [-0.25, -0.2) is 8.42 Å². The number of halogens is 1. The van der Waals surface area contributed by atoms with Gasteiger partial charge >= 0.3 is 0 Å². The van der Waals surface area contributed by atoms with E-state index < -0.39 is 9.84 Å². The highest BCUT2D eigenvalue weighted by molar-refractivity contribution is 7.91. The molecule has 1 aromatic rings. The zero-order chi connectivity index (χ0) is 17.7. The lowest BCUT2D eigenvalue weighted by atomic mass is 10.0. The normalized spacial score (nSPS) is 18.8. The molecule has 0 bridgehead atoms. The van der Waals surface area contributed by atoms with E-state index in [0.717, 1.165) is 5.56 Å². The van der Waals surface area contributed by atoms with Gasteiger partial charge in [0.2, 0.25) is 5.91 Å². The summed E-state index contributed by atoms with van der Waals surface area (Å²) in [5.74, 6) is -0.0344. The first-order valence-electron chi connectivity index (χ1n) is 8.25. The number of piperazine rings is 1. The molecule has 1 saturated heterocycles. The van der Waals surface area contributed by atoms with E-state index in [1.165, 1.54) is 0 Å². The van der Waals surface area contributed by atoms with E-state index in [4.69, 9.17) is 11.6 Å². The summed E-state index contributed by atoms with van der Waals surface area (Å²) in [4.78, 5) is 14.4. The third kappa shape index (κ3) is 5.19. The van der Waals surface area contributed by atoms with Crippen molar-refractivity contribution in [2.45, 2.75) is 26.3 Å². The summed E-state index contributed by atoms with van der Waals surface area (Å²) in [5.41, 5.74) is 0.893. The molecule has 1 aromatic carbocycles. The Morgan fingerprint density at radius 2 is 2.08 bits per heavy atom. The minimum Gasteiger partial charge on any atom is -0.333 e. The fourth-order valence-corrected chi connectivity index (χ4v) is 4.93. The molecule has 2 rings (SSSR count). The number of hydrogen-bond acceptors (Lipinski definition) is 4. The summed E-state index contributed by atoms with van der Waals surface area (Å²) in [7, 11) is -3.19. The highest BCUT2D eigenvalue weighted by Gasteiger charge is 2.29. The van der Waals surface area contributed by atoms with Crippen molar-refractivity contribution in [1.82, 2.24) is 10.2 Å². The van der Waals surface area contributed by atoms with Crippen molar-refractivity contribution in [1.29, 1.82) is 0 Å². The Morgan fingerprint density at radius 3 is 2.75 bits per heavy atom. The van der Waals surface area contributed by atoms with Crippen molar-refractivity contribution < 1.29 is 13.2 Å². The quantitative estimate of drug-likeness (QED) is 0.831. The Balaban J connectivity index is 2.07. The SMILES string of the molecule is CC(C)CS(=O)(=O)CCC(=O)N1CCNCC1c1ccccc1Cl. The third-order valence-corrected chi connectivity index (χ3v) is 6.39. The number of amides is 1. The zero-order valence-electron chi connectivity index (χ0n) is 14.2. The van der Waals surface area contributed by atoms with Crippen LogP contribution >= 0.6 is 11.6 Å². The average Bonchev–Trinajstić information content (AvgIpc) is 2.52. The van der Waals surface area contributed by atoms with Gasteiger partial charge in [-0.15, -0.1) is 0 Å². The van der Waals surface area contributed by atoms with E-state index in [-0.39, 0.29) is 35.8 Å². The predicted octanol–water partition coefficient (Wildman–Crippen LogP) is 2.27. The standard InChI is InChI=1S/C17H25ClN2O3S/c1-13(2)12-24(22,23)10-7-17(21)20-9-8-19-11-16(20)14-5-3-4-6-15(14)18/h3-6,13,16,19H,7-12H2,1-2H3. The molecular formula is C17H25ClN2O3S. The Bertz CT molecular complexity index is 676. The molecule has 1 heterocycles. The molecule has 1 atom stereocenters. The van der Waals surface area contributed by atoms with Gasteiger partial charge in [-0.3, -0.25) is 4.79 Å². The molecular weight excluding hydrogens is 348 g/mol. The van der Waals surface area contributed by atoms with Crippen molar-refractivity contribution in [2.24, 2.45) is 5.92 Å². The van der Waals surface area contributed by atoms with Crippen LogP contribution in [-0.4, -0.2) is 50.4 Å². The molecule has 0 aromatic heterocycles. The fourth-order valence-electron chi connectivity index (χ4n) is 3.00. The maximum atomic E-state index is 12.6. The van der Waals surface area contributed by atoms with Crippen LogP contribution in [0, 0.1) is 5.92 Å². The van der Waals surface area contributed by atoms with Crippen LogP contribution in [0.25, 0.3) is 0 Å². The molecule has 0 radical (unpaired) electrons. The van der Waals surface area contributed by atoms with Gasteiger partial charge in [-0.1, -0.05) is 43.6 Å². The average molecular weight is 373 g/mol. The van der Waals surface area contributed by atoms with Gasteiger partial charge in [0, 0.05) is 31.1 Å². The molecule has 1 aliphatic rings. The summed E-state index contributed by atoms with van der Waals surface area (Å²) in [6.45, 7) is 5.60. The Kier molecular flexibility index (Phi) is 6.66. The number of carbonyl (C=O) groups is 1. The number of benzene rings is 1. The van der Waals surface area contributed by atoms with E-state index in [2.05, 4.69) is 5.32 Å². The molecule has 134 valence electrons. The second kappa shape index (κ2) is 8.32. The van der Waals surface area contributed by atoms with E-state index in [0.29, 0.717) is 24.7 Å². The number of sulfone groups is 1. The summed E-state index contributed by atoms with van der Waals surface area (Å²) in [5, 5.41) is 3.89. The van der Waals surface area contributed by atoms with Gasteiger partial charge in [0.05, 0.1) is 17.5 Å². The summed E-state index contributed by atoms with van der Waals surface area (Å²) in [6, 6.07) is 7.31. The second-order valence-corrected chi connectivity index (χ2v) is 9.22. The molecule has 0 saturated carbocycles. The Hall–Kier alpha value is -1.11. The second-order valence-electron chi connectivity index (χ2n) is 6.59. The lowest BCUT2D eigenvalue weighted by Gasteiger charge is -2.37. The van der Waals surface area contributed by atoms with Crippen molar-refractivity contribution in [3.8, 4) is 0 Å². The molecule has 1 unspecified atom stereocenters. The third-order valence-electron chi connectivity index (χ3n) is 4.04. The maximum Gasteiger partial charge on any atom is 0.224 e. The van der Waals surface area contributed by atoms with Crippen LogP contribution in [0.4, 0.5) is 0 Å². The van der Waals surface area contributed by atoms with Gasteiger partial charge in [0.1, 0.15) is 0 Å². The van der Waals surface area contributed by atoms with Gasteiger partial charge < -0.3 is 10.2 Å². The number of carbonyl (C=O) groups excluding carboxylic acids is 1. The van der Waals surface area contributed by atoms with Crippen molar-refractivity contribution in [3.05, 3.63) is 34.9 Å². The van der Waals surface area contributed by atoms with Crippen molar-refractivity contribution in [2.75, 3.05) is 31.1 Å². The smallest absolute Gasteiger partial charge is 0.224 e. The first kappa shape index (κ1) is 19.2. The molecule has 1 amide bonds. The fraction of sp³-hybridized carbons (Fsp3) is 0.588. The van der Waals surface area contributed by atoms with E-state index >= 15 is 0 Å². The molecule has 7 heteroatoms. The summed E-state index contributed by atoms with van der Waals surface area (Å²) < 4.78 is 24.1. The number of rotatable bonds is 6.